The van der Waals surface area contributed by atoms with E-state index in [0.29, 0.717) is 18.7 Å². The highest BCUT2D eigenvalue weighted by Gasteiger charge is 2.06. The lowest BCUT2D eigenvalue weighted by Crippen LogP contribution is -2.25. The number of hydrogen-bond acceptors (Lipinski definition) is 4. The van der Waals surface area contributed by atoms with Gasteiger partial charge in [-0.25, -0.2) is 0 Å². The third kappa shape index (κ3) is 3.01. The molecule has 4 N–H and O–H groups in total. The number of aliphatic hydroxyl groups excluding tert-OH is 1. The maximum Gasteiger partial charge on any atom is 0.0706 e. The van der Waals surface area contributed by atoms with Gasteiger partial charge in [0.2, 0.25) is 0 Å². The average molecular weight is 181 g/mol. The average Bonchev–Trinajstić information content (AvgIpc) is 2.09. The van der Waals surface area contributed by atoms with E-state index < -0.39 is 6.10 Å². The second-order valence-electron chi connectivity index (χ2n) is 2.99. The molecule has 0 saturated heterocycles. The third-order valence-corrected chi connectivity index (χ3v) is 1.84. The summed E-state index contributed by atoms with van der Waals surface area (Å²) in [5, 5.41) is 12.4. The van der Waals surface area contributed by atoms with E-state index in [0.717, 1.165) is 5.56 Å². The van der Waals surface area contributed by atoms with E-state index in [1.807, 2.05) is 0 Å². The highest BCUT2D eigenvalue weighted by Crippen LogP contribution is 2.10. The molecule has 0 aliphatic heterocycles. The van der Waals surface area contributed by atoms with E-state index in [1.165, 1.54) is 0 Å². The van der Waals surface area contributed by atoms with Crippen LogP contribution in [0.5, 0.6) is 0 Å². The Bertz CT molecular complexity index is 265. The summed E-state index contributed by atoms with van der Waals surface area (Å²) < 4.78 is 0. The van der Waals surface area contributed by atoms with Crippen molar-refractivity contribution in [3.63, 3.8) is 0 Å². The summed E-state index contributed by atoms with van der Waals surface area (Å²) >= 11 is 0. The molecule has 4 heteroatoms. The van der Waals surface area contributed by atoms with E-state index in [-0.39, 0.29) is 0 Å². The van der Waals surface area contributed by atoms with Crippen molar-refractivity contribution >= 4 is 5.69 Å². The largest absolute Gasteiger partial charge is 0.398 e. The lowest BCUT2D eigenvalue weighted by molar-refractivity contribution is 0.175. The van der Waals surface area contributed by atoms with Crippen molar-refractivity contribution in [1.82, 2.24) is 10.3 Å². The summed E-state index contributed by atoms with van der Waals surface area (Å²) in [4.78, 5) is 3.95. The smallest absolute Gasteiger partial charge is 0.0706 e. The summed E-state index contributed by atoms with van der Waals surface area (Å²) in [7, 11) is 1.80. The highest BCUT2D eigenvalue weighted by molar-refractivity contribution is 5.44. The molecule has 0 saturated carbocycles. The molecule has 0 aromatic carbocycles. The molecule has 0 amide bonds. The second kappa shape index (κ2) is 4.79. The number of nitrogens with one attached hydrogen (secondary N) is 1. The van der Waals surface area contributed by atoms with Crippen LogP contribution in [0.25, 0.3) is 0 Å². The number of nitrogens with two attached hydrogens (primary N) is 1. The Balaban J connectivity index is 2.58. The molecule has 1 aromatic heterocycles. The topological polar surface area (TPSA) is 71.2 Å². The Morgan fingerprint density at radius 3 is 3.08 bits per heavy atom. The van der Waals surface area contributed by atoms with E-state index in [2.05, 4.69) is 10.3 Å². The molecule has 0 bridgehead atoms. The van der Waals surface area contributed by atoms with Gasteiger partial charge >= 0.3 is 0 Å². The van der Waals surface area contributed by atoms with Gasteiger partial charge in [-0.1, -0.05) is 0 Å². The first-order valence-corrected chi connectivity index (χ1v) is 4.25. The molecule has 1 atom stereocenters. The minimum Gasteiger partial charge on any atom is -0.398 e. The standard InChI is InChI=1S/C9H15N3O/c1-11-6-8(13)4-7-5-12-3-2-9(7)10/h2-3,5,8,11,13H,4,6H2,1H3,(H2,10,12). The van der Waals surface area contributed by atoms with Gasteiger partial charge in [0.1, 0.15) is 0 Å². The van der Waals surface area contributed by atoms with Crippen molar-refractivity contribution in [2.24, 2.45) is 0 Å². The number of nitrogen functional groups attached to an aromatic ring is 1. The Labute approximate surface area is 77.8 Å². The maximum absolute atomic E-state index is 9.48. The zero-order chi connectivity index (χ0) is 9.68. The van der Waals surface area contributed by atoms with Crippen molar-refractivity contribution in [2.45, 2.75) is 12.5 Å². The number of aliphatic hydroxyl groups is 1. The fourth-order valence-electron chi connectivity index (χ4n) is 1.17. The first kappa shape index (κ1) is 9.95. The molecule has 72 valence electrons. The van der Waals surface area contributed by atoms with Gasteiger partial charge in [-0.2, -0.15) is 0 Å². The first-order chi connectivity index (χ1) is 6.24. The fraction of sp³-hybridized carbons (Fsp3) is 0.444. The molecule has 1 unspecified atom stereocenters. The van der Waals surface area contributed by atoms with Gasteiger partial charge in [0.05, 0.1) is 6.10 Å². The summed E-state index contributed by atoms with van der Waals surface area (Å²) in [6, 6.07) is 1.74. The lowest BCUT2D eigenvalue weighted by atomic mass is 10.1. The van der Waals surface area contributed by atoms with Crippen molar-refractivity contribution in [3.8, 4) is 0 Å². The van der Waals surface area contributed by atoms with Crippen LogP contribution in [-0.4, -0.2) is 29.8 Å². The van der Waals surface area contributed by atoms with E-state index >= 15 is 0 Å². The van der Waals surface area contributed by atoms with Crippen LogP contribution in [-0.2, 0) is 6.42 Å². The van der Waals surface area contributed by atoms with Crippen molar-refractivity contribution in [3.05, 3.63) is 24.0 Å². The molecule has 0 radical (unpaired) electrons. The molecule has 0 aliphatic carbocycles. The van der Waals surface area contributed by atoms with E-state index in [4.69, 9.17) is 5.73 Å². The number of aromatic nitrogens is 1. The predicted molar refractivity (Wildman–Crippen MR) is 52.3 cm³/mol. The summed E-state index contributed by atoms with van der Waals surface area (Å²) in [5.74, 6) is 0. The molecule has 1 aromatic rings. The van der Waals surface area contributed by atoms with Crippen LogP contribution < -0.4 is 11.1 Å². The van der Waals surface area contributed by atoms with Crippen molar-refractivity contribution in [1.29, 1.82) is 0 Å². The number of pyridine rings is 1. The predicted octanol–water partition coefficient (Wildman–Crippen LogP) is -0.213. The minimum atomic E-state index is -0.406. The normalized spacial score (nSPS) is 12.8. The number of likely N-dealkylation sites (N-methyl/N-ethyl adjacent to an activating group) is 1. The molecular formula is C9H15N3O. The van der Waals surface area contributed by atoms with Gasteiger partial charge in [-0.3, -0.25) is 4.98 Å². The van der Waals surface area contributed by atoms with Gasteiger partial charge in [-0.15, -0.1) is 0 Å². The summed E-state index contributed by atoms with van der Waals surface area (Å²) in [5.41, 5.74) is 7.27. The quantitative estimate of drug-likeness (QED) is 0.601. The van der Waals surface area contributed by atoms with E-state index in [9.17, 15) is 5.11 Å². The lowest BCUT2D eigenvalue weighted by Gasteiger charge is -2.10. The van der Waals surface area contributed by atoms with Gasteiger partial charge in [0.25, 0.3) is 0 Å². The SMILES string of the molecule is CNCC(O)Cc1cnccc1N. The summed E-state index contributed by atoms with van der Waals surface area (Å²) in [6.45, 7) is 0.564. The van der Waals surface area contributed by atoms with Gasteiger partial charge in [0, 0.05) is 31.0 Å². The minimum absolute atomic E-state index is 0.406. The molecular weight excluding hydrogens is 166 g/mol. The zero-order valence-corrected chi connectivity index (χ0v) is 7.70. The van der Waals surface area contributed by atoms with Crippen LogP contribution in [0, 0.1) is 0 Å². The van der Waals surface area contributed by atoms with Gasteiger partial charge < -0.3 is 16.2 Å². The van der Waals surface area contributed by atoms with Crippen molar-refractivity contribution < 1.29 is 5.11 Å². The van der Waals surface area contributed by atoms with E-state index in [1.54, 1.807) is 25.5 Å². The van der Waals surface area contributed by atoms with Crippen LogP contribution in [0.2, 0.25) is 0 Å². The Morgan fingerprint density at radius 2 is 2.46 bits per heavy atom. The number of anilines is 1. The Morgan fingerprint density at radius 1 is 1.69 bits per heavy atom. The molecule has 4 nitrogen and oxygen atoms in total. The monoisotopic (exact) mass is 181 g/mol. The maximum atomic E-state index is 9.48. The molecule has 0 spiro atoms. The van der Waals surface area contributed by atoms with Gasteiger partial charge in [0.15, 0.2) is 0 Å². The highest BCUT2D eigenvalue weighted by atomic mass is 16.3. The van der Waals surface area contributed by atoms with Crippen molar-refractivity contribution in [2.75, 3.05) is 19.3 Å². The fourth-order valence-corrected chi connectivity index (χ4v) is 1.17. The first-order valence-electron chi connectivity index (χ1n) is 4.25. The molecule has 0 aliphatic rings. The van der Waals surface area contributed by atoms with Crippen LogP contribution >= 0.6 is 0 Å². The van der Waals surface area contributed by atoms with Crippen LogP contribution in [0.1, 0.15) is 5.56 Å². The number of rotatable bonds is 4. The second-order valence-corrected chi connectivity index (χ2v) is 2.99. The molecule has 13 heavy (non-hydrogen) atoms. The Kier molecular flexibility index (Phi) is 3.67. The Hall–Kier alpha value is -1.13. The number of hydrogen-bond donors (Lipinski definition) is 3. The molecule has 1 rings (SSSR count). The third-order valence-electron chi connectivity index (χ3n) is 1.84. The molecule has 0 fully saturated rings. The van der Waals surface area contributed by atoms with Crippen LogP contribution in [0.4, 0.5) is 5.69 Å². The number of nitrogens with zero attached hydrogens (tertiary/aromatic N) is 1. The van der Waals surface area contributed by atoms with Crippen LogP contribution in [0.15, 0.2) is 18.5 Å². The van der Waals surface area contributed by atoms with Gasteiger partial charge in [-0.05, 0) is 18.7 Å². The molecule has 1 heterocycles. The summed E-state index contributed by atoms with van der Waals surface area (Å²) in [6.07, 6.45) is 3.47. The van der Waals surface area contributed by atoms with Crippen LogP contribution in [0.3, 0.4) is 0 Å². The zero-order valence-electron chi connectivity index (χ0n) is 7.70.